The molecule has 0 saturated carbocycles. The lowest BCUT2D eigenvalue weighted by Crippen LogP contribution is -2.38. The highest BCUT2D eigenvalue weighted by Crippen LogP contribution is 2.25. The molecule has 3 nitrogen and oxygen atoms in total. The Morgan fingerprint density at radius 2 is 2.05 bits per heavy atom. The fraction of sp³-hybridized carbons (Fsp3) is 0.533. The highest BCUT2D eigenvalue weighted by atomic mass is 19.1. The molecule has 0 radical (unpaired) electrons. The van der Waals surface area contributed by atoms with E-state index in [-0.39, 0.29) is 5.82 Å². The summed E-state index contributed by atoms with van der Waals surface area (Å²) in [6, 6.07) is 4.62. The highest BCUT2D eigenvalue weighted by Gasteiger charge is 2.23. The van der Waals surface area contributed by atoms with E-state index in [1.54, 1.807) is 6.07 Å². The van der Waals surface area contributed by atoms with Gasteiger partial charge in [-0.2, -0.15) is 0 Å². The molecule has 2 unspecified atom stereocenters. The lowest BCUT2D eigenvalue weighted by atomic mass is 9.92. The van der Waals surface area contributed by atoms with Crippen molar-refractivity contribution in [2.75, 3.05) is 13.1 Å². The van der Waals surface area contributed by atoms with Gasteiger partial charge in [0.1, 0.15) is 11.5 Å². The van der Waals surface area contributed by atoms with E-state index in [9.17, 15) is 4.39 Å². The molecule has 0 amide bonds. The van der Waals surface area contributed by atoms with Gasteiger partial charge in [-0.3, -0.25) is 4.90 Å². The number of nitrogens with zero attached hydrogens (tertiary/aromatic N) is 2. The largest absolute Gasteiger partial charge is 0.356 e. The third-order valence-electron chi connectivity index (χ3n) is 3.83. The Balaban J connectivity index is 1.81. The SMILES string of the molecule is CC1CC(C)CN(Cc2noc3cc(F)ccc23)C1. The number of piperidine rings is 1. The smallest absolute Gasteiger partial charge is 0.170 e. The summed E-state index contributed by atoms with van der Waals surface area (Å²) in [4.78, 5) is 2.42. The van der Waals surface area contributed by atoms with Gasteiger partial charge in [-0.05, 0) is 30.4 Å². The van der Waals surface area contributed by atoms with Crippen LogP contribution in [0.2, 0.25) is 0 Å². The molecule has 1 aliphatic rings. The van der Waals surface area contributed by atoms with Crippen LogP contribution in [0.1, 0.15) is 26.0 Å². The molecule has 0 N–H and O–H groups in total. The standard InChI is InChI=1S/C15H19FN2O/c1-10-5-11(2)8-18(7-10)9-14-13-4-3-12(16)6-15(13)19-17-14/h3-4,6,10-11H,5,7-9H2,1-2H3. The molecular formula is C15H19FN2O. The van der Waals surface area contributed by atoms with E-state index in [2.05, 4.69) is 23.9 Å². The van der Waals surface area contributed by atoms with Crippen molar-refractivity contribution in [3.05, 3.63) is 29.7 Å². The maximum atomic E-state index is 13.1. The van der Waals surface area contributed by atoms with E-state index in [1.807, 2.05) is 0 Å². The molecule has 1 aromatic heterocycles. The Bertz CT molecular complexity index is 571. The molecule has 0 bridgehead atoms. The van der Waals surface area contributed by atoms with Crippen LogP contribution in [0.4, 0.5) is 4.39 Å². The summed E-state index contributed by atoms with van der Waals surface area (Å²) in [5, 5.41) is 5.02. The maximum absolute atomic E-state index is 13.1. The van der Waals surface area contributed by atoms with Gasteiger partial charge >= 0.3 is 0 Å². The Morgan fingerprint density at radius 3 is 2.79 bits per heavy atom. The van der Waals surface area contributed by atoms with E-state index in [1.165, 1.54) is 18.6 Å². The summed E-state index contributed by atoms with van der Waals surface area (Å²) in [5.41, 5.74) is 1.45. The van der Waals surface area contributed by atoms with Crippen LogP contribution in [0.25, 0.3) is 11.0 Å². The van der Waals surface area contributed by atoms with Crippen LogP contribution in [0.3, 0.4) is 0 Å². The van der Waals surface area contributed by atoms with Crippen LogP contribution in [0, 0.1) is 17.7 Å². The molecule has 2 aromatic rings. The van der Waals surface area contributed by atoms with Crippen molar-refractivity contribution >= 4 is 11.0 Å². The molecule has 2 atom stereocenters. The van der Waals surface area contributed by atoms with E-state index < -0.39 is 0 Å². The third-order valence-corrected chi connectivity index (χ3v) is 3.83. The van der Waals surface area contributed by atoms with E-state index in [0.717, 1.165) is 42.6 Å². The summed E-state index contributed by atoms with van der Waals surface area (Å²) in [5.74, 6) is 1.16. The lowest BCUT2D eigenvalue weighted by Gasteiger charge is -2.34. The minimum Gasteiger partial charge on any atom is -0.356 e. The van der Waals surface area contributed by atoms with Gasteiger partial charge in [0.2, 0.25) is 0 Å². The molecule has 1 saturated heterocycles. The number of benzene rings is 1. The van der Waals surface area contributed by atoms with Crippen molar-refractivity contribution in [2.45, 2.75) is 26.8 Å². The molecule has 1 fully saturated rings. The summed E-state index contributed by atoms with van der Waals surface area (Å²) in [6.45, 7) is 7.56. The van der Waals surface area contributed by atoms with Crippen molar-refractivity contribution in [2.24, 2.45) is 11.8 Å². The minimum absolute atomic E-state index is 0.282. The van der Waals surface area contributed by atoms with Gasteiger partial charge in [0.05, 0.1) is 0 Å². The van der Waals surface area contributed by atoms with Crippen LogP contribution in [-0.2, 0) is 6.54 Å². The third kappa shape index (κ3) is 2.63. The minimum atomic E-state index is -0.282. The first-order chi connectivity index (χ1) is 9.11. The van der Waals surface area contributed by atoms with Crippen LogP contribution in [0.5, 0.6) is 0 Å². The number of rotatable bonds is 2. The molecule has 102 valence electrons. The fourth-order valence-corrected chi connectivity index (χ4v) is 3.21. The topological polar surface area (TPSA) is 29.3 Å². The zero-order valence-corrected chi connectivity index (χ0v) is 11.4. The monoisotopic (exact) mass is 262 g/mol. The average Bonchev–Trinajstić information content (AvgIpc) is 2.70. The van der Waals surface area contributed by atoms with Crippen LogP contribution in [0.15, 0.2) is 22.7 Å². The number of likely N-dealkylation sites (tertiary alicyclic amines) is 1. The second kappa shape index (κ2) is 4.93. The van der Waals surface area contributed by atoms with E-state index >= 15 is 0 Å². The van der Waals surface area contributed by atoms with Crippen LogP contribution >= 0.6 is 0 Å². The van der Waals surface area contributed by atoms with E-state index in [0.29, 0.717) is 5.58 Å². The first kappa shape index (κ1) is 12.6. The van der Waals surface area contributed by atoms with Crippen LogP contribution in [-0.4, -0.2) is 23.1 Å². The average molecular weight is 262 g/mol. The second-order valence-corrected chi connectivity index (χ2v) is 5.91. The quantitative estimate of drug-likeness (QED) is 0.830. The van der Waals surface area contributed by atoms with Gasteiger partial charge in [-0.15, -0.1) is 0 Å². The van der Waals surface area contributed by atoms with Crippen molar-refractivity contribution in [1.29, 1.82) is 0 Å². The molecule has 0 aliphatic carbocycles. The predicted molar refractivity (Wildman–Crippen MR) is 72.2 cm³/mol. The summed E-state index contributed by atoms with van der Waals surface area (Å²) in [6.07, 6.45) is 1.29. The van der Waals surface area contributed by atoms with Gasteiger partial charge in [0.15, 0.2) is 5.58 Å². The summed E-state index contributed by atoms with van der Waals surface area (Å²) in [7, 11) is 0. The zero-order chi connectivity index (χ0) is 13.4. The fourth-order valence-electron chi connectivity index (χ4n) is 3.21. The molecule has 4 heteroatoms. The number of hydrogen-bond acceptors (Lipinski definition) is 3. The van der Waals surface area contributed by atoms with Crippen molar-refractivity contribution in [1.82, 2.24) is 10.1 Å². The molecule has 2 heterocycles. The van der Waals surface area contributed by atoms with Gasteiger partial charge < -0.3 is 4.52 Å². The number of hydrogen-bond donors (Lipinski definition) is 0. The normalized spacial score (nSPS) is 25.0. The molecule has 3 rings (SSSR count). The van der Waals surface area contributed by atoms with Crippen molar-refractivity contribution in [3.63, 3.8) is 0 Å². The van der Waals surface area contributed by atoms with Gasteiger partial charge in [0.25, 0.3) is 0 Å². The highest BCUT2D eigenvalue weighted by molar-refractivity contribution is 5.79. The van der Waals surface area contributed by atoms with Crippen molar-refractivity contribution < 1.29 is 8.91 Å². The summed E-state index contributed by atoms with van der Waals surface area (Å²) < 4.78 is 18.3. The zero-order valence-electron chi connectivity index (χ0n) is 11.4. The first-order valence-corrected chi connectivity index (χ1v) is 6.88. The second-order valence-electron chi connectivity index (χ2n) is 5.91. The Labute approximate surface area is 112 Å². The molecule has 1 aromatic carbocycles. The molecule has 19 heavy (non-hydrogen) atoms. The number of fused-ring (bicyclic) bond motifs is 1. The summed E-state index contributed by atoms with van der Waals surface area (Å²) >= 11 is 0. The number of halogens is 1. The molecular weight excluding hydrogens is 243 g/mol. The molecule has 1 aliphatic heterocycles. The van der Waals surface area contributed by atoms with Crippen LogP contribution < -0.4 is 0 Å². The number of aromatic nitrogens is 1. The molecule has 0 spiro atoms. The van der Waals surface area contributed by atoms with Gasteiger partial charge in [-0.1, -0.05) is 19.0 Å². The Hall–Kier alpha value is -1.42. The first-order valence-electron chi connectivity index (χ1n) is 6.88. The van der Waals surface area contributed by atoms with Gasteiger partial charge in [-0.25, -0.2) is 4.39 Å². The van der Waals surface area contributed by atoms with Gasteiger partial charge in [0, 0.05) is 31.1 Å². The lowest BCUT2D eigenvalue weighted by molar-refractivity contribution is 0.132. The Morgan fingerprint density at radius 1 is 1.32 bits per heavy atom. The van der Waals surface area contributed by atoms with E-state index in [4.69, 9.17) is 4.52 Å². The Kier molecular flexibility index (Phi) is 3.27. The maximum Gasteiger partial charge on any atom is 0.170 e. The van der Waals surface area contributed by atoms with Crippen molar-refractivity contribution in [3.8, 4) is 0 Å². The predicted octanol–water partition coefficient (Wildman–Crippen LogP) is 3.44.